The first-order chi connectivity index (χ1) is 7.75. The summed E-state index contributed by atoms with van der Waals surface area (Å²) in [5.74, 6) is -0.200. The van der Waals surface area contributed by atoms with Crippen LogP contribution < -0.4 is 5.43 Å². The molecular formula is C12H16ClFN2. The third-order valence-electron chi connectivity index (χ3n) is 2.86. The van der Waals surface area contributed by atoms with Gasteiger partial charge in [-0.25, -0.2) is 9.40 Å². The Morgan fingerprint density at radius 3 is 2.75 bits per heavy atom. The lowest BCUT2D eigenvalue weighted by Crippen LogP contribution is -2.41. The van der Waals surface area contributed by atoms with E-state index in [0.717, 1.165) is 13.1 Å². The Balaban J connectivity index is 1.90. The van der Waals surface area contributed by atoms with E-state index in [1.807, 2.05) is 0 Å². The van der Waals surface area contributed by atoms with Gasteiger partial charge in [0.05, 0.1) is 0 Å². The fraction of sp³-hybridized carbons (Fsp3) is 0.500. The Morgan fingerprint density at radius 2 is 2.00 bits per heavy atom. The first kappa shape index (κ1) is 11.8. The quantitative estimate of drug-likeness (QED) is 0.877. The second-order valence-corrected chi connectivity index (χ2v) is 4.55. The minimum atomic E-state index is -0.200. The molecule has 1 fully saturated rings. The molecule has 4 heteroatoms. The van der Waals surface area contributed by atoms with Gasteiger partial charge in [-0.1, -0.05) is 18.0 Å². The van der Waals surface area contributed by atoms with E-state index in [2.05, 4.69) is 10.4 Å². The number of benzene rings is 1. The molecule has 1 aliphatic rings. The third-order valence-corrected chi connectivity index (χ3v) is 3.09. The van der Waals surface area contributed by atoms with Crippen molar-refractivity contribution in [3.05, 3.63) is 34.6 Å². The minimum absolute atomic E-state index is 0.200. The molecule has 0 saturated carbocycles. The first-order valence-electron chi connectivity index (χ1n) is 5.68. The highest BCUT2D eigenvalue weighted by Crippen LogP contribution is 2.15. The zero-order valence-corrected chi connectivity index (χ0v) is 9.93. The Labute approximate surface area is 100 Å². The lowest BCUT2D eigenvalue weighted by molar-refractivity contribution is 0.150. The molecule has 0 aliphatic carbocycles. The summed E-state index contributed by atoms with van der Waals surface area (Å²) in [5.41, 5.74) is 3.86. The maximum absolute atomic E-state index is 13.4. The molecule has 1 saturated heterocycles. The van der Waals surface area contributed by atoms with Gasteiger partial charge in [-0.15, -0.1) is 0 Å². The van der Waals surface area contributed by atoms with Gasteiger partial charge in [-0.3, -0.25) is 5.43 Å². The summed E-state index contributed by atoms with van der Waals surface area (Å²) < 4.78 is 13.4. The van der Waals surface area contributed by atoms with Crippen LogP contribution in [0, 0.1) is 5.82 Å². The van der Waals surface area contributed by atoms with Gasteiger partial charge in [-0.2, -0.15) is 0 Å². The highest BCUT2D eigenvalue weighted by Gasteiger charge is 2.10. The molecule has 1 aromatic rings. The lowest BCUT2D eigenvalue weighted by atomic mass is 10.1. The molecule has 16 heavy (non-hydrogen) atoms. The number of hydrogen-bond acceptors (Lipinski definition) is 2. The van der Waals surface area contributed by atoms with E-state index < -0.39 is 0 Å². The molecule has 0 atom stereocenters. The molecule has 0 unspecified atom stereocenters. The van der Waals surface area contributed by atoms with Crippen LogP contribution in [0.4, 0.5) is 4.39 Å². The molecule has 2 rings (SSSR count). The largest absolute Gasteiger partial charge is 0.251 e. The maximum atomic E-state index is 13.4. The smallest absolute Gasteiger partial charge is 0.127 e. The lowest BCUT2D eigenvalue weighted by Gasteiger charge is -2.27. The van der Waals surface area contributed by atoms with Gasteiger partial charge < -0.3 is 0 Å². The van der Waals surface area contributed by atoms with Crippen molar-refractivity contribution in [3.8, 4) is 0 Å². The molecule has 1 heterocycles. The van der Waals surface area contributed by atoms with Crippen molar-refractivity contribution in [2.75, 3.05) is 13.1 Å². The van der Waals surface area contributed by atoms with E-state index in [4.69, 9.17) is 11.6 Å². The molecule has 1 aromatic carbocycles. The average molecular weight is 243 g/mol. The third kappa shape index (κ3) is 3.17. The van der Waals surface area contributed by atoms with Gasteiger partial charge in [0.2, 0.25) is 0 Å². The predicted molar refractivity (Wildman–Crippen MR) is 63.7 cm³/mol. The van der Waals surface area contributed by atoms with Gasteiger partial charge in [0, 0.05) is 30.2 Å². The van der Waals surface area contributed by atoms with Gasteiger partial charge in [0.15, 0.2) is 0 Å². The molecule has 0 aromatic heterocycles. The number of nitrogens with one attached hydrogen (secondary N) is 1. The summed E-state index contributed by atoms with van der Waals surface area (Å²) in [5, 5.41) is 2.74. The second kappa shape index (κ2) is 5.62. The zero-order valence-electron chi connectivity index (χ0n) is 9.18. The number of nitrogens with zero attached hydrogens (tertiary/aromatic N) is 1. The Kier molecular flexibility index (Phi) is 4.16. The van der Waals surface area contributed by atoms with E-state index in [9.17, 15) is 4.39 Å². The van der Waals surface area contributed by atoms with E-state index in [-0.39, 0.29) is 5.82 Å². The highest BCUT2D eigenvalue weighted by molar-refractivity contribution is 6.30. The molecule has 1 aliphatic heterocycles. The number of halogens is 2. The van der Waals surface area contributed by atoms with Crippen LogP contribution in [0.5, 0.6) is 0 Å². The minimum Gasteiger partial charge on any atom is -0.251 e. The molecule has 1 N–H and O–H groups in total. The summed E-state index contributed by atoms with van der Waals surface area (Å²) in [7, 11) is 0. The second-order valence-electron chi connectivity index (χ2n) is 4.12. The van der Waals surface area contributed by atoms with Crippen LogP contribution in [0.3, 0.4) is 0 Å². The molecule has 2 nitrogen and oxygen atoms in total. The van der Waals surface area contributed by atoms with Crippen molar-refractivity contribution < 1.29 is 4.39 Å². The van der Waals surface area contributed by atoms with E-state index in [1.165, 1.54) is 25.3 Å². The van der Waals surface area contributed by atoms with Crippen molar-refractivity contribution in [2.24, 2.45) is 0 Å². The predicted octanol–water partition coefficient (Wildman–Crippen LogP) is 2.97. The van der Waals surface area contributed by atoms with Crippen LogP contribution in [0.1, 0.15) is 24.8 Å². The zero-order chi connectivity index (χ0) is 11.4. The summed E-state index contributed by atoms with van der Waals surface area (Å²) in [4.78, 5) is 0. The van der Waals surface area contributed by atoms with Gasteiger partial charge in [-0.05, 0) is 31.0 Å². The highest BCUT2D eigenvalue weighted by atomic mass is 35.5. The van der Waals surface area contributed by atoms with Crippen LogP contribution in [0.25, 0.3) is 0 Å². The van der Waals surface area contributed by atoms with Gasteiger partial charge >= 0.3 is 0 Å². The molecular weight excluding hydrogens is 227 g/mol. The van der Waals surface area contributed by atoms with Crippen molar-refractivity contribution in [1.29, 1.82) is 0 Å². The van der Waals surface area contributed by atoms with Crippen LogP contribution in [-0.2, 0) is 6.54 Å². The van der Waals surface area contributed by atoms with Crippen molar-refractivity contribution >= 4 is 11.6 Å². The molecule has 0 amide bonds. The maximum Gasteiger partial charge on any atom is 0.127 e. The summed E-state index contributed by atoms with van der Waals surface area (Å²) in [6.07, 6.45) is 3.72. The summed E-state index contributed by atoms with van der Waals surface area (Å²) in [6, 6.07) is 4.66. The number of hydrogen-bond donors (Lipinski definition) is 1. The SMILES string of the molecule is Fc1ccc(Cl)cc1CNN1CCCCC1. The fourth-order valence-electron chi connectivity index (χ4n) is 1.93. The molecule has 0 spiro atoms. The van der Waals surface area contributed by atoms with E-state index >= 15 is 0 Å². The van der Waals surface area contributed by atoms with Crippen molar-refractivity contribution in [1.82, 2.24) is 10.4 Å². The van der Waals surface area contributed by atoms with E-state index in [1.54, 1.807) is 12.1 Å². The Morgan fingerprint density at radius 1 is 1.25 bits per heavy atom. The normalized spacial score (nSPS) is 17.6. The number of hydrazine groups is 1. The van der Waals surface area contributed by atoms with Crippen LogP contribution in [-0.4, -0.2) is 18.1 Å². The Hall–Kier alpha value is -0.640. The molecule has 0 bridgehead atoms. The van der Waals surface area contributed by atoms with Crippen LogP contribution in [0.2, 0.25) is 5.02 Å². The van der Waals surface area contributed by atoms with Crippen LogP contribution >= 0.6 is 11.6 Å². The van der Waals surface area contributed by atoms with E-state index in [0.29, 0.717) is 17.1 Å². The van der Waals surface area contributed by atoms with Crippen LogP contribution in [0.15, 0.2) is 18.2 Å². The van der Waals surface area contributed by atoms with Gasteiger partial charge in [0.25, 0.3) is 0 Å². The fourth-order valence-corrected chi connectivity index (χ4v) is 2.12. The summed E-state index contributed by atoms with van der Waals surface area (Å²) in [6.45, 7) is 2.59. The Bertz CT molecular complexity index is 351. The number of rotatable bonds is 3. The van der Waals surface area contributed by atoms with Crippen molar-refractivity contribution in [2.45, 2.75) is 25.8 Å². The topological polar surface area (TPSA) is 15.3 Å². The first-order valence-corrected chi connectivity index (χ1v) is 6.06. The monoisotopic (exact) mass is 242 g/mol. The molecule has 88 valence electrons. The number of piperidine rings is 1. The van der Waals surface area contributed by atoms with Crippen molar-refractivity contribution in [3.63, 3.8) is 0 Å². The summed E-state index contributed by atoms with van der Waals surface area (Å²) >= 11 is 5.83. The standard InChI is InChI=1S/C12H16ClFN2/c13-11-4-5-12(14)10(8-11)9-15-16-6-2-1-3-7-16/h4-5,8,15H,1-3,6-7,9H2. The molecule has 0 radical (unpaired) electrons. The van der Waals surface area contributed by atoms with Gasteiger partial charge in [0.1, 0.15) is 5.82 Å². The average Bonchev–Trinajstić information content (AvgIpc) is 2.32.